The summed E-state index contributed by atoms with van der Waals surface area (Å²) in [5, 5.41) is 6.00. The van der Waals surface area contributed by atoms with Gasteiger partial charge < -0.3 is 10.2 Å². The Morgan fingerprint density at radius 3 is 2.72 bits per heavy atom. The average molecular weight is 410 g/mol. The van der Waals surface area contributed by atoms with Crippen molar-refractivity contribution in [1.82, 2.24) is 9.88 Å². The van der Waals surface area contributed by atoms with Gasteiger partial charge in [0.05, 0.1) is 11.7 Å². The second kappa shape index (κ2) is 8.33. The number of rotatable bonds is 4. The molecule has 6 heteroatoms. The van der Waals surface area contributed by atoms with E-state index in [-0.39, 0.29) is 17.9 Å². The van der Waals surface area contributed by atoms with Crippen LogP contribution in [0, 0.1) is 5.82 Å². The molecule has 0 saturated carbocycles. The molecule has 150 valence electrons. The Kier molecular flexibility index (Phi) is 5.62. The van der Waals surface area contributed by atoms with Gasteiger partial charge in [0.15, 0.2) is 0 Å². The standard InChI is InChI=1S/C23H24FN3OS/c1-15(2)18-6-3-4-7-19(18)26-23(28)27-13-5-8-21(27)22-25-20(14-29-22)16-9-11-17(24)12-10-16/h3-4,6-7,9-12,14-15,21H,5,8,13H2,1-2H3,(H,26,28)/t21-/m0/s1. The molecule has 1 aliphatic rings. The van der Waals surface area contributed by atoms with Gasteiger partial charge in [0.25, 0.3) is 0 Å². The van der Waals surface area contributed by atoms with Gasteiger partial charge in [0.2, 0.25) is 0 Å². The van der Waals surface area contributed by atoms with E-state index in [4.69, 9.17) is 4.98 Å². The molecule has 3 aromatic rings. The van der Waals surface area contributed by atoms with Crippen LogP contribution in [0.5, 0.6) is 0 Å². The quantitative estimate of drug-likeness (QED) is 0.539. The highest BCUT2D eigenvalue weighted by molar-refractivity contribution is 7.10. The number of likely N-dealkylation sites (tertiary alicyclic amines) is 1. The summed E-state index contributed by atoms with van der Waals surface area (Å²) in [4.78, 5) is 19.7. The van der Waals surface area contributed by atoms with Crippen LogP contribution in [0.15, 0.2) is 53.9 Å². The van der Waals surface area contributed by atoms with Gasteiger partial charge in [-0.2, -0.15) is 0 Å². The number of carbonyl (C=O) groups excluding carboxylic acids is 1. The van der Waals surface area contributed by atoms with Gasteiger partial charge >= 0.3 is 6.03 Å². The maximum absolute atomic E-state index is 13.2. The first-order chi connectivity index (χ1) is 14.0. The number of para-hydroxylation sites is 1. The van der Waals surface area contributed by atoms with E-state index in [9.17, 15) is 9.18 Å². The van der Waals surface area contributed by atoms with Crippen molar-refractivity contribution < 1.29 is 9.18 Å². The normalized spacial score (nSPS) is 16.4. The zero-order chi connectivity index (χ0) is 20.4. The van der Waals surface area contributed by atoms with Gasteiger partial charge in [-0.3, -0.25) is 0 Å². The van der Waals surface area contributed by atoms with Crippen molar-refractivity contribution in [2.75, 3.05) is 11.9 Å². The van der Waals surface area contributed by atoms with Gasteiger partial charge in [0, 0.05) is 23.2 Å². The predicted molar refractivity (Wildman–Crippen MR) is 116 cm³/mol. The van der Waals surface area contributed by atoms with E-state index in [0.29, 0.717) is 12.5 Å². The van der Waals surface area contributed by atoms with Crippen LogP contribution in [0.4, 0.5) is 14.9 Å². The monoisotopic (exact) mass is 409 g/mol. The molecule has 1 atom stereocenters. The second-order valence-corrected chi connectivity index (χ2v) is 8.49. The third-order valence-corrected chi connectivity index (χ3v) is 6.23. The zero-order valence-electron chi connectivity index (χ0n) is 16.6. The number of nitrogens with one attached hydrogen (secondary N) is 1. The van der Waals surface area contributed by atoms with Crippen LogP contribution in [0.2, 0.25) is 0 Å². The summed E-state index contributed by atoms with van der Waals surface area (Å²) in [5.74, 6) is 0.0719. The first-order valence-corrected chi connectivity index (χ1v) is 10.8. The summed E-state index contributed by atoms with van der Waals surface area (Å²) < 4.78 is 13.2. The molecular weight excluding hydrogens is 385 g/mol. The second-order valence-electron chi connectivity index (χ2n) is 7.60. The molecule has 1 N–H and O–H groups in total. The van der Waals surface area contributed by atoms with E-state index >= 15 is 0 Å². The van der Waals surface area contributed by atoms with Gasteiger partial charge in [-0.15, -0.1) is 11.3 Å². The first-order valence-electron chi connectivity index (χ1n) is 9.91. The van der Waals surface area contributed by atoms with E-state index < -0.39 is 0 Å². The minimum Gasteiger partial charge on any atom is -0.315 e. The maximum atomic E-state index is 13.2. The molecule has 4 rings (SSSR count). The lowest BCUT2D eigenvalue weighted by molar-refractivity contribution is 0.207. The number of nitrogens with zero attached hydrogens (tertiary/aromatic N) is 2. The summed E-state index contributed by atoms with van der Waals surface area (Å²) in [6.07, 6.45) is 1.85. The fourth-order valence-corrected chi connectivity index (χ4v) is 4.74. The Bertz CT molecular complexity index is 999. The smallest absolute Gasteiger partial charge is 0.315 e. The van der Waals surface area contributed by atoms with Crippen LogP contribution in [-0.4, -0.2) is 22.5 Å². The molecule has 2 amide bonds. The van der Waals surface area contributed by atoms with Crippen LogP contribution in [0.25, 0.3) is 11.3 Å². The minimum atomic E-state index is -0.260. The molecule has 1 aromatic heterocycles. The van der Waals surface area contributed by atoms with E-state index in [1.54, 1.807) is 23.5 Å². The molecule has 1 saturated heterocycles. The molecule has 2 aromatic carbocycles. The lowest BCUT2D eigenvalue weighted by Gasteiger charge is -2.24. The Labute approximate surface area is 174 Å². The number of anilines is 1. The minimum absolute atomic E-state index is 0.0274. The molecule has 4 nitrogen and oxygen atoms in total. The molecule has 0 bridgehead atoms. The van der Waals surface area contributed by atoms with Crippen LogP contribution in [0.3, 0.4) is 0 Å². The third-order valence-electron chi connectivity index (χ3n) is 5.29. The van der Waals surface area contributed by atoms with Crippen molar-refractivity contribution in [3.05, 3.63) is 70.3 Å². The molecule has 0 aliphatic carbocycles. The fraction of sp³-hybridized carbons (Fsp3) is 0.304. The van der Waals surface area contributed by atoms with Crippen molar-refractivity contribution in [1.29, 1.82) is 0 Å². The third kappa shape index (κ3) is 4.17. The number of hydrogen-bond donors (Lipinski definition) is 1. The maximum Gasteiger partial charge on any atom is 0.322 e. The summed E-state index contributed by atoms with van der Waals surface area (Å²) in [5.41, 5.74) is 3.70. The number of carbonyl (C=O) groups is 1. The molecule has 1 fully saturated rings. The molecule has 0 radical (unpaired) electrons. The molecule has 0 spiro atoms. The highest BCUT2D eigenvalue weighted by Gasteiger charge is 2.32. The first kappa shape index (κ1) is 19.6. The fourth-order valence-electron chi connectivity index (χ4n) is 3.76. The van der Waals surface area contributed by atoms with Crippen molar-refractivity contribution in [2.24, 2.45) is 0 Å². The Morgan fingerprint density at radius 1 is 1.21 bits per heavy atom. The number of hydrogen-bond acceptors (Lipinski definition) is 3. The van der Waals surface area contributed by atoms with E-state index in [0.717, 1.165) is 40.4 Å². The molecule has 0 unspecified atom stereocenters. The molecule has 2 heterocycles. The summed E-state index contributed by atoms with van der Waals surface area (Å²) in [6, 6.07) is 14.2. The van der Waals surface area contributed by atoms with Crippen molar-refractivity contribution in [2.45, 2.75) is 38.6 Å². The number of aromatic nitrogens is 1. The highest BCUT2D eigenvalue weighted by atomic mass is 32.1. The Morgan fingerprint density at radius 2 is 1.97 bits per heavy atom. The summed E-state index contributed by atoms with van der Waals surface area (Å²) in [6.45, 7) is 4.96. The lowest BCUT2D eigenvalue weighted by atomic mass is 10.0. The van der Waals surface area contributed by atoms with E-state index in [1.807, 2.05) is 28.5 Å². The Hall–Kier alpha value is -2.73. The summed E-state index contributed by atoms with van der Waals surface area (Å²) >= 11 is 1.55. The zero-order valence-corrected chi connectivity index (χ0v) is 17.4. The SMILES string of the molecule is CC(C)c1ccccc1NC(=O)N1CCC[C@H]1c1nc(-c2ccc(F)cc2)cs1. The largest absolute Gasteiger partial charge is 0.322 e. The van der Waals surface area contributed by atoms with Crippen molar-refractivity contribution in [3.8, 4) is 11.3 Å². The number of halogens is 1. The van der Waals surface area contributed by atoms with Gasteiger partial charge in [-0.05, 0) is 54.7 Å². The predicted octanol–water partition coefficient (Wildman–Crippen LogP) is 6.44. The van der Waals surface area contributed by atoms with Crippen molar-refractivity contribution >= 4 is 23.1 Å². The van der Waals surface area contributed by atoms with E-state index in [2.05, 4.69) is 25.2 Å². The highest BCUT2D eigenvalue weighted by Crippen LogP contribution is 2.36. The topological polar surface area (TPSA) is 45.2 Å². The van der Waals surface area contributed by atoms with Gasteiger partial charge in [-0.25, -0.2) is 14.2 Å². The van der Waals surface area contributed by atoms with E-state index in [1.165, 1.54) is 12.1 Å². The van der Waals surface area contributed by atoms with Gasteiger partial charge in [-0.1, -0.05) is 32.0 Å². The lowest BCUT2D eigenvalue weighted by Crippen LogP contribution is -2.34. The summed E-state index contributed by atoms with van der Waals surface area (Å²) in [7, 11) is 0. The molecular formula is C23H24FN3OS. The van der Waals surface area contributed by atoms with Crippen LogP contribution in [0.1, 0.15) is 49.2 Å². The van der Waals surface area contributed by atoms with Crippen LogP contribution >= 0.6 is 11.3 Å². The number of thiazole rings is 1. The molecule has 1 aliphatic heterocycles. The number of urea groups is 1. The number of amides is 2. The average Bonchev–Trinajstić information content (AvgIpc) is 3.38. The van der Waals surface area contributed by atoms with Crippen LogP contribution in [-0.2, 0) is 0 Å². The Balaban J connectivity index is 1.52. The van der Waals surface area contributed by atoms with Crippen LogP contribution < -0.4 is 5.32 Å². The van der Waals surface area contributed by atoms with Gasteiger partial charge in [0.1, 0.15) is 10.8 Å². The number of benzene rings is 2. The van der Waals surface area contributed by atoms with Crippen molar-refractivity contribution in [3.63, 3.8) is 0 Å². The molecule has 29 heavy (non-hydrogen) atoms.